The number of hydrogen-bond donors (Lipinski definition) is 1. The lowest BCUT2D eigenvalue weighted by molar-refractivity contribution is -0.301. The minimum atomic E-state index is -0.691. The van der Waals surface area contributed by atoms with Crippen molar-refractivity contribution in [3.63, 3.8) is 0 Å². The zero-order valence-corrected chi connectivity index (χ0v) is 24.3. The molecule has 0 unspecified atom stereocenters. The fraction of sp³-hybridized carbons (Fsp3) is 0.167. The third-order valence-corrected chi connectivity index (χ3v) is 7.46. The van der Waals surface area contributed by atoms with Crippen LogP contribution in [-0.4, -0.2) is 16.7 Å². The van der Waals surface area contributed by atoms with Crippen molar-refractivity contribution in [2.75, 3.05) is 0 Å². The van der Waals surface area contributed by atoms with Gasteiger partial charge in [0, 0.05) is 16.5 Å². The molecule has 1 aliphatic carbocycles. The molecule has 10 heteroatoms. The van der Waals surface area contributed by atoms with Crippen LogP contribution in [0.1, 0.15) is 31.1 Å². The Morgan fingerprint density at radius 2 is 1.65 bits per heavy atom. The molecule has 6 nitrogen and oxygen atoms in total. The standard InChI is InChI=1S/C24H16Br4O6/c1-24(2,3)34-33-23(31)11-7-5-4-6-10(11)16-12-8-14(25)19(29)17(27)21(12)32-22-13(16)9-15(26)20(30)18(22)28/h4-9,29H,1-3H3. The third kappa shape index (κ3) is 4.58. The summed E-state index contributed by atoms with van der Waals surface area (Å²) in [7, 11) is 0. The Morgan fingerprint density at radius 1 is 0.971 bits per heavy atom. The SMILES string of the molecule is CC(C)(C)OOC(=O)c1ccccc1-c1c2cc(Br)c(=O)c(Br)c-2oc2c(Br)c(O)c(Br)cc12. The molecule has 0 aromatic heterocycles. The van der Waals surface area contributed by atoms with Crippen molar-refractivity contribution in [3.8, 4) is 28.2 Å². The van der Waals surface area contributed by atoms with Gasteiger partial charge in [-0.15, -0.1) is 0 Å². The van der Waals surface area contributed by atoms with Crippen molar-refractivity contribution < 1.29 is 24.1 Å². The summed E-state index contributed by atoms with van der Waals surface area (Å²) in [6.07, 6.45) is 0. The highest BCUT2D eigenvalue weighted by molar-refractivity contribution is 9.11. The average molecular weight is 720 g/mol. The summed E-state index contributed by atoms with van der Waals surface area (Å²) in [6.45, 7) is 5.30. The minimum Gasteiger partial charge on any atom is -0.505 e. The largest absolute Gasteiger partial charge is 0.505 e. The number of aromatic hydroxyl groups is 1. The van der Waals surface area contributed by atoms with Crippen LogP contribution in [0.5, 0.6) is 5.75 Å². The normalized spacial score (nSPS) is 11.9. The van der Waals surface area contributed by atoms with Gasteiger partial charge in [0.05, 0.1) is 14.5 Å². The molecule has 0 radical (unpaired) electrons. The first kappa shape index (κ1) is 25.4. The lowest BCUT2D eigenvalue weighted by atomic mass is 9.91. The molecule has 0 spiro atoms. The molecule has 34 heavy (non-hydrogen) atoms. The van der Waals surface area contributed by atoms with Crippen molar-refractivity contribution in [3.05, 3.63) is 70.1 Å². The van der Waals surface area contributed by atoms with E-state index in [9.17, 15) is 14.7 Å². The number of benzene rings is 3. The van der Waals surface area contributed by atoms with E-state index in [-0.39, 0.29) is 27.0 Å². The Bertz CT molecular complexity index is 1490. The van der Waals surface area contributed by atoms with Gasteiger partial charge >= 0.3 is 5.97 Å². The summed E-state index contributed by atoms with van der Waals surface area (Å²) in [5.74, 6) is -0.487. The van der Waals surface area contributed by atoms with Crippen LogP contribution in [0, 0.1) is 0 Å². The Labute approximate surface area is 228 Å². The fourth-order valence-electron chi connectivity index (χ4n) is 3.37. The second-order valence-corrected chi connectivity index (χ2v) is 11.7. The summed E-state index contributed by atoms with van der Waals surface area (Å²) in [5.41, 5.74) is 1.24. The second kappa shape index (κ2) is 9.39. The van der Waals surface area contributed by atoms with Crippen LogP contribution in [-0.2, 0) is 9.78 Å². The predicted octanol–water partition coefficient (Wildman–Crippen LogP) is 8.21. The van der Waals surface area contributed by atoms with Crippen LogP contribution < -0.4 is 5.43 Å². The van der Waals surface area contributed by atoms with Gasteiger partial charge in [-0.1, -0.05) is 18.2 Å². The molecule has 176 valence electrons. The molecule has 2 aromatic carbocycles. The van der Waals surface area contributed by atoms with Crippen LogP contribution in [0.25, 0.3) is 33.4 Å². The fourth-order valence-corrected chi connectivity index (χ4v) is 5.77. The molecule has 4 rings (SSSR count). The Morgan fingerprint density at radius 3 is 2.32 bits per heavy atom. The number of phenolic OH excluding ortho intramolecular Hbond substituents is 1. The Kier molecular flexibility index (Phi) is 7.00. The molecular formula is C24H16Br4O6. The van der Waals surface area contributed by atoms with E-state index in [1.807, 2.05) is 0 Å². The number of hydrogen-bond acceptors (Lipinski definition) is 6. The predicted molar refractivity (Wildman–Crippen MR) is 143 cm³/mol. The first-order chi connectivity index (χ1) is 15.9. The number of phenols is 1. The van der Waals surface area contributed by atoms with E-state index in [1.54, 1.807) is 57.2 Å². The molecule has 0 saturated carbocycles. The van der Waals surface area contributed by atoms with E-state index in [0.29, 0.717) is 41.1 Å². The number of carbonyl (C=O) groups is 1. The van der Waals surface area contributed by atoms with Crippen molar-refractivity contribution in [2.24, 2.45) is 0 Å². The van der Waals surface area contributed by atoms with Gasteiger partial charge in [0.15, 0.2) is 11.3 Å². The smallest absolute Gasteiger partial charge is 0.373 e. The molecule has 0 atom stereocenters. The van der Waals surface area contributed by atoms with Gasteiger partial charge < -0.3 is 9.52 Å². The highest BCUT2D eigenvalue weighted by Crippen LogP contribution is 2.49. The molecule has 1 heterocycles. The first-order valence-corrected chi connectivity index (χ1v) is 13.0. The average Bonchev–Trinajstić information content (AvgIpc) is 2.78. The van der Waals surface area contributed by atoms with E-state index < -0.39 is 11.6 Å². The second-order valence-electron chi connectivity index (χ2n) is 8.36. The van der Waals surface area contributed by atoms with Gasteiger partial charge in [-0.3, -0.25) is 9.68 Å². The lowest BCUT2D eigenvalue weighted by Gasteiger charge is -2.20. The quantitative estimate of drug-likeness (QED) is 0.131. The maximum absolute atomic E-state index is 13.0. The van der Waals surface area contributed by atoms with Crippen LogP contribution in [0.3, 0.4) is 0 Å². The van der Waals surface area contributed by atoms with Crippen LogP contribution in [0.4, 0.5) is 0 Å². The maximum atomic E-state index is 13.0. The van der Waals surface area contributed by atoms with Gasteiger partial charge in [-0.25, -0.2) is 4.79 Å². The molecule has 1 N–H and O–H groups in total. The van der Waals surface area contributed by atoms with Gasteiger partial charge in [0.2, 0.25) is 5.43 Å². The minimum absolute atomic E-state index is 0.0663. The van der Waals surface area contributed by atoms with Crippen molar-refractivity contribution in [1.82, 2.24) is 0 Å². The highest BCUT2D eigenvalue weighted by Gasteiger charge is 2.28. The van der Waals surface area contributed by atoms with Crippen molar-refractivity contribution in [2.45, 2.75) is 26.4 Å². The topological polar surface area (TPSA) is 86.0 Å². The van der Waals surface area contributed by atoms with Crippen molar-refractivity contribution >= 4 is 80.7 Å². The van der Waals surface area contributed by atoms with Crippen molar-refractivity contribution in [1.29, 1.82) is 0 Å². The van der Waals surface area contributed by atoms with E-state index in [0.717, 1.165) is 0 Å². The Hall–Kier alpha value is -1.72. The first-order valence-electron chi connectivity index (χ1n) is 9.85. The van der Waals surface area contributed by atoms with Gasteiger partial charge in [-0.05, 0) is 108 Å². The molecule has 0 saturated heterocycles. The molecule has 0 amide bonds. The molecule has 0 bridgehead atoms. The molecule has 0 fully saturated rings. The molecule has 1 aliphatic heterocycles. The molecule has 2 aliphatic rings. The summed E-state index contributed by atoms with van der Waals surface area (Å²) in [4.78, 5) is 36.0. The van der Waals surface area contributed by atoms with Crippen LogP contribution in [0.15, 0.2) is 63.5 Å². The third-order valence-electron chi connectivity index (χ3n) is 4.81. The van der Waals surface area contributed by atoms with E-state index >= 15 is 0 Å². The summed E-state index contributed by atoms with van der Waals surface area (Å²) in [5, 5.41) is 11.1. The monoisotopic (exact) mass is 716 g/mol. The highest BCUT2D eigenvalue weighted by atomic mass is 79.9. The number of carbonyl (C=O) groups excluding carboxylic acids is 1. The van der Waals surface area contributed by atoms with Gasteiger partial charge in [0.1, 0.15) is 20.3 Å². The van der Waals surface area contributed by atoms with Crippen LogP contribution >= 0.6 is 63.7 Å². The number of rotatable bonds is 3. The molecular weight excluding hydrogens is 704 g/mol. The number of halogens is 4. The van der Waals surface area contributed by atoms with Gasteiger partial charge in [0.25, 0.3) is 0 Å². The zero-order chi connectivity index (χ0) is 24.9. The zero-order valence-electron chi connectivity index (χ0n) is 18.0. The Balaban J connectivity index is 2.12. The molecule has 2 aromatic rings. The lowest BCUT2D eigenvalue weighted by Crippen LogP contribution is -2.22. The summed E-state index contributed by atoms with van der Waals surface area (Å²) >= 11 is 13.4. The van der Waals surface area contributed by atoms with Crippen LogP contribution in [0.2, 0.25) is 0 Å². The van der Waals surface area contributed by atoms with E-state index in [1.165, 1.54) is 0 Å². The number of fused-ring (bicyclic) bond motifs is 2. The van der Waals surface area contributed by atoms with E-state index in [2.05, 4.69) is 63.7 Å². The van der Waals surface area contributed by atoms with E-state index in [4.69, 9.17) is 14.2 Å². The summed E-state index contributed by atoms with van der Waals surface area (Å²) in [6, 6.07) is 10.2. The van der Waals surface area contributed by atoms with Gasteiger partial charge in [-0.2, -0.15) is 4.89 Å². The maximum Gasteiger partial charge on any atom is 0.373 e. The summed E-state index contributed by atoms with van der Waals surface area (Å²) < 4.78 is 7.32.